The first kappa shape index (κ1) is 19.5. The van der Waals surface area contributed by atoms with Gasteiger partial charge in [-0.2, -0.15) is 0 Å². The molecule has 3 fully saturated rings. The molecule has 2 aromatic rings. The number of amides is 3. The first-order valence-corrected chi connectivity index (χ1v) is 10.5. The largest absolute Gasteiger partial charge is 0.478 e. The van der Waals surface area contributed by atoms with E-state index in [0.29, 0.717) is 17.5 Å². The minimum atomic E-state index is -1.14. The summed E-state index contributed by atoms with van der Waals surface area (Å²) in [5.74, 6) is -1.84. The Kier molecular flexibility index (Phi) is 4.43. The number of benzene rings is 2. The average molecular weight is 418 g/mol. The number of anilines is 2. The molecule has 1 aliphatic heterocycles. The van der Waals surface area contributed by atoms with Gasteiger partial charge in [0.2, 0.25) is 11.8 Å². The number of rotatable bonds is 4. The molecule has 2 aliphatic carbocycles. The Balaban J connectivity index is 1.42. The predicted octanol–water partition coefficient (Wildman–Crippen LogP) is 3.48. The second-order valence-electron chi connectivity index (χ2n) is 8.76. The third-order valence-electron chi connectivity index (χ3n) is 6.95. The maximum absolute atomic E-state index is 13.1. The third-order valence-corrected chi connectivity index (χ3v) is 6.95. The summed E-state index contributed by atoms with van der Waals surface area (Å²) in [6.07, 6.45) is 2.97. The van der Waals surface area contributed by atoms with Crippen LogP contribution in [0.1, 0.15) is 45.5 Å². The first-order valence-electron chi connectivity index (χ1n) is 10.5. The molecule has 0 unspecified atom stereocenters. The normalized spacial score (nSPS) is 26.3. The van der Waals surface area contributed by atoms with Gasteiger partial charge < -0.3 is 10.4 Å². The lowest BCUT2D eigenvalue weighted by atomic mass is 9.81. The molecule has 2 bridgehead atoms. The summed E-state index contributed by atoms with van der Waals surface area (Å²) in [5.41, 5.74) is 1.63. The van der Waals surface area contributed by atoms with Gasteiger partial charge in [0.25, 0.3) is 5.91 Å². The van der Waals surface area contributed by atoms with E-state index in [0.717, 1.165) is 24.8 Å². The predicted molar refractivity (Wildman–Crippen MR) is 113 cm³/mol. The van der Waals surface area contributed by atoms with Crippen molar-refractivity contribution in [3.05, 3.63) is 59.2 Å². The lowest BCUT2D eigenvalue weighted by Gasteiger charge is -2.19. The van der Waals surface area contributed by atoms with E-state index in [1.807, 2.05) is 0 Å². The minimum absolute atomic E-state index is 0.0108. The minimum Gasteiger partial charge on any atom is -0.478 e. The van der Waals surface area contributed by atoms with E-state index < -0.39 is 11.9 Å². The number of hydrogen-bond acceptors (Lipinski definition) is 4. The zero-order valence-electron chi connectivity index (χ0n) is 17.0. The first-order chi connectivity index (χ1) is 14.8. The van der Waals surface area contributed by atoms with Crippen molar-refractivity contribution in [3.63, 3.8) is 0 Å². The molecule has 31 heavy (non-hydrogen) atoms. The Morgan fingerprint density at radius 3 is 2.32 bits per heavy atom. The van der Waals surface area contributed by atoms with Crippen LogP contribution in [-0.4, -0.2) is 28.8 Å². The van der Waals surface area contributed by atoms with Crippen LogP contribution >= 0.6 is 0 Å². The van der Waals surface area contributed by atoms with Crippen molar-refractivity contribution in [1.82, 2.24) is 0 Å². The van der Waals surface area contributed by atoms with Gasteiger partial charge in [0.15, 0.2) is 0 Å². The van der Waals surface area contributed by atoms with Crippen LogP contribution in [0, 0.1) is 30.6 Å². The number of aromatic carboxylic acids is 1. The highest BCUT2D eigenvalue weighted by Crippen LogP contribution is 2.56. The number of aryl methyl sites for hydroxylation is 1. The van der Waals surface area contributed by atoms with Gasteiger partial charge in [-0.15, -0.1) is 0 Å². The van der Waals surface area contributed by atoms with E-state index >= 15 is 0 Å². The topological polar surface area (TPSA) is 104 Å². The van der Waals surface area contributed by atoms with Crippen molar-refractivity contribution in [2.24, 2.45) is 23.7 Å². The molecular weight excluding hydrogens is 396 g/mol. The maximum atomic E-state index is 13.1. The molecular formula is C24H22N2O5. The fourth-order valence-corrected chi connectivity index (χ4v) is 5.59. The van der Waals surface area contributed by atoms with Gasteiger partial charge in [-0.25, -0.2) is 4.79 Å². The van der Waals surface area contributed by atoms with E-state index in [2.05, 4.69) is 5.32 Å². The van der Waals surface area contributed by atoms with Crippen LogP contribution in [0.4, 0.5) is 11.4 Å². The molecule has 1 saturated heterocycles. The van der Waals surface area contributed by atoms with Gasteiger partial charge in [-0.1, -0.05) is 12.1 Å². The van der Waals surface area contributed by atoms with Crippen molar-refractivity contribution < 1.29 is 24.3 Å². The van der Waals surface area contributed by atoms with E-state index in [-0.39, 0.29) is 40.5 Å². The number of carboxylic acids is 1. The highest BCUT2D eigenvalue weighted by Gasteiger charge is 2.61. The molecule has 5 rings (SSSR count). The molecule has 7 heteroatoms. The Bertz CT molecular complexity index is 1110. The van der Waals surface area contributed by atoms with Crippen LogP contribution in [-0.2, 0) is 9.59 Å². The van der Waals surface area contributed by atoms with Gasteiger partial charge in [-0.3, -0.25) is 19.3 Å². The molecule has 2 N–H and O–H groups in total. The number of fused-ring (bicyclic) bond motifs is 5. The Labute approximate surface area is 179 Å². The summed E-state index contributed by atoms with van der Waals surface area (Å²) in [7, 11) is 0. The van der Waals surface area contributed by atoms with Gasteiger partial charge in [0.05, 0.1) is 28.8 Å². The maximum Gasteiger partial charge on any atom is 0.337 e. The number of hydrogen-bond donors (Lipinski definition) is 2. The fraction of sp³-hybridized carbons (Fsp3) is 0.333. The van der Waals surface area contributed by atoms with Gasteiger partial charge >= 0.3 is 5.97 Å². The van der Waals surface area contributed by atoms with Crippen LogP contribution in [0.3, 0.4) is 0 Å². The fourth-order valence-electron chi connectivity index (χ4n) is 5.59. The quantitative estimate of drug-likeness (QED) is 0.740. The molecule has 7 nitrogen and oxygen atoms in total. The second kappa shape index (κ2) is 7.04. The Morgan fingerprint density at radius 1 is 1.00 bits per heavy atom. The van der Waals surface area contributed by atoms with Crippen molar-refractivity contribution in [2.45, 2.75) is 26.2 Å². The molecule has 0 radical (unpaired) electrons. The summed E-state index contributed by atoms with van der Waals surface area (Å²) in [5, 5.41) is 12.0. The molecule has 4 atom stereocenters. The SMILES string of the molecule is Cc1ccc(C(=O)O)c(NC(=O)c2cccc(N3C(=O)[C@@H]4[C@H]5CC[C@@H](C5)[C@@H]4C3=O)c2)c1. The van der Waals surface area contributed by atoms with Crippen molar-refractivity contribution >= 4 is 35.1 Å². The summed E-state index contributed by atoms with van der Waals surface area (Å²) < 4.78 is 0. The van der Waals surface area contributed by atoms with Crippen LogP contribution in [0.25, 0.3) is 0 Å². The molecule has 158 valence electrons. The Morgan fingerprint density at radius 2 is 1.68 bits per heavy atom. The van der Waals surface area contributed by atoms with Crippen molar-refractivity contribution in [2.75, 3.05) is 10.2 Å². The van der Waals surface area contributed by atoms with Crippen LogP contribution < -0.4 is 10.2 Å². The second-order valence-corrected chi connectivity index (χ2v) is 8.76. The van der Waals surface area contributed by atoms with Gasteiger partial charge in [0, 0.05) is 5.56 Å². The van der Waals surface area contributed by atoms with E-state index in [4.69, 9.17) is 0 Å². The van der Waals surface area contributed by atoms with Crippen LogP contribution in [0.5, 0.6) is 0 Å². The van der Waals surface area contributed by atoms with E-state index in [9.17, 15) is 24.3 Å². The lowest BCUT2D eigenvalue weighted by Crippen LogP contribution is -2.33. The zero-order valence-corrected chi connectivity index (χ0v) is 17.0. The van der Waals surface area contributed by atoms with Crippen molar-refractivity contribution in [3.8, 4) is 0 Å². The zero-order chi connectivity index (χ0) is 21.9. The standard InChI is InChI=1S/C24H22N2O5/c1-12-5-8-17(24(30)31)18(9-12)25-21(27)15-3-2-4-16(11-15)26-22(28)19-13-6-7-14(10-13)20(19)23(26)29/h2-5,8-9,11,13-14,19-20H,6-7,10H2,1H3,(H,25,27)(H,30,31)/t13-,14-,19-,20+/m0/s1. The number of nitrogens with one attached hydrogen (secondary N) is 1. The number of nitrogens with zero attached hydrogens (tertiary/aromatic N) is 1. The number of carboxylic acid groups (broad SMARTS) is 1. The van der Waals surface area contributed by atoms with Crippen LogP contribution in [0.15, 0.2) is 42.5 Å². The van der Waals surface area contributed by atoms with Gasteiger partial charge in [0.1, 0.15) is 0 Å². The molecule has 3 aliphatic rings. The number of carbonyl (C=O) groups is 4. The molecule has 2 saturated carbocycles. The van der Waals surface area contributed by atoms with E-state index in [1.54, 1.807) is 37.3 Å². The molecule has 0 aromatic heterocycles. The van der Waals surface area contributed by atoms with Crippen LogP contribution in [0.2, 0.25) is 0 Å². The summed E-state index contributed by atoms with van der Waals surface area (Å²) >= 11 is 0. The summed E-state index contributed by atoms with van der Waals surface area (Å²) in [4.78, 5) is 51.7. The van der Waals surface area contributed by atoms with Crippen molar-refractivity contribution in [1.29, 1.82) is 0 Å². The smallest absolute Gasteiger partial charge is 0.337 e. The summed E-state index contributed by atoms with van der Waals surface area (Å²) in [6.45, 7) is 1.80. The Hall–Kier alpha value is -3.48. The molecule has 2 aromatic carbocycles. The number of imide groups is 1. The van der Waals surface area contributed by atoms with Gasteiger partial charge in [-0.05, 0) is 73.9 Å². The highest BCUT2D eigenvalue weighted by molar-refractivity contribution is 6.23. The van der Waals surface area contributed by atoms with E-state index in [1.165, 1.54) is 17.0 Å². The highest BCUT2D eigenvalue weighted by atomic mass is 16.4. The third kappa shape index (κ3) is 3.03. The monoisotopic (exact) mass is 418 g/mol. The molecule has 1 heterocycles. The number of carbonyl (C=O) groups excluding carboxylic acids is 3. The summed E-state index contributed by atoms with van der Waals surface area (Å²) in [6, 6.07) is 11.1. The molecule has 3 amide bonds. The lowest BCUT2D eigenvalue weighted by molar-refractivity contribution is -0.123. The average Bonchev–Trinajstić information content (AvgIpc) is 3.41. The molecule has 0 spiro atoms.